The average molecular weight is 133 g/mol. The van der Waals surface area contributed by atoms with Crippen LogP contribution in [0.3, 0.4) is 0 Å². The van der Waals surface area contributed by atoms with Crippen LogP contribution >= 0.6 is 0 Å². The van der Waals surface area contributed by atoms with Crippen molar-refractivity contribution in [3.63, 3.8) is 0 Å². The molecule has 2 nitrogen and oxygen atoms in total. The molecule has 1 amide bonds. The Morgan fingerprint density at radius 3 is 2.44 bits per heavy atom. The molecule has 0 bridgehead atoms. The van der Waals surface area contributed by atoms with Gasteiger partial charge in [-0.1, -0.05) is 0 Å². The molecule has 0 aliphatic rings. The summed E-state index contributed by atoms with van der Waals surface area (Å²) in [6, 6.07) is 0. The first kappa shape index (κ1) is 8.40. The molecule has 0 spiro atoms. The minimum absolute atomic E-state index is 0.00681. The van der Waals surface area contributed by atoms with Gasteiger partial charge in [-0.3, -0.25) is 9.18 Å². The predicted octanol–water partition coefficient (Wildman–Crippen LogP) is 0.824. The zero-order valence-corrected chi connectivity index (χ0v) is 5.85. The van der Waals surface area contributed by atoms with E-state index in [-0.39, 0.29) is 5.91 Å². The minimum Gasteiger partial charge on any atom is -0.349 e. The maximum Gasteiger partial charge on any atom is 0.222 e. The van der Waals surface area contributed by atoms with E-state index in [4.69, 9.17) is 0 Å². The third-order valence-electron chi connectivity index (χ3n) is 1.02. The Labute approximate surface area is 54.7 Å². The van der Waals surface area contributed by atoms with Gasteiger partial charge in [0.05, 0.1) is 6.67 Å². The van der Waals surface area contributed by atoms with Crippen molar-refractivity contribution in [3.05, 3.63) is 0 Å². The van der Waals surface area contributed by atoms with Gasteiger partial charge in [0.1, 0.15) is 0 Å². The summed E-state index contributed by atoms with van der Waals surface area (Å²) in [5.41, 5.74) is 0. The first-order chi connectivity index (χ1) is 4.18. The fourth-order valence-corrected chi connectivity index (χ4v) is 0.442. The van der Waals surface area contributed by atoms with Crippen molar-refractivity contribution >= 4 is 5.91 Å². The lowest BCUT2D eigenvalue weighted by Crippen LogP contribution is -2.21. The SMILES string of the molecule is CN(C)C(=O)CCCF. The number of alkyl halides is 1. The van der Waals surface area contributed by atoms with Crippen LogP contribution < -0.4 is 0 Å². The second-order valence-corrected chi connectivity index (χ2v) is 2.08. The highest BCUT2D eigenvalue weighted by Gasteiger charge is 2.01. The highest BCUT2D eigenvalue weighted by atomic mass is 19.1. The van der Waals surface area contributed by atoms with Crippen LogP contribution in [0, 0.1) is 0 Å². The van der Waals surface area contributed by atoms with Gasteiger partial charge in [0.25, 0.3) is 0 Å². The molecule has 0 N–H and O–H groups in total. The van der Waals surface area contributed by atoms with E-state index in [0.29, 0.717) is 12.8 Å². The Morgan fingerprint density at radius 1 is 1.56 bits per heavy atom. The summed E-state index contributed by atoms with van der Waals surface area (Å²) in [6.07, 6.45) is 0.667. The van der Waals surface area contributed by atoms with Crippen LogP contribution in [-0.4, -0.2) is 31.6 Å². The molecule has 3 heteroatoms. The Balaban J connectivity index is 3.28. The Morgan fingerprint density at radius 2 is 2.11 bits per heavy atom. The molecule has 0 rings (SSSR count). The van der Waals surface area contributed by atoms with Crippen molar-refractivity contribution in [1.29, 1.82) is 0 Å². The monoisotopic (exact) mass is 133 g/mol. The van der Waals surface area contributed by atoms with Gasteiger partial charge < -0.3 is 4.90 Å². The molecule has 54 valence electrons. The van der Waals surface area contributed by atoms with Crippen LogP contribution in [0.2, 0.25) is 0 Å². The number of nitrogens with zero attached hydrogens (tertiary/aromatic N) is 1. The van der Waals surface area contributed by atoms with Crippen molar-refractivity contribution in [2.24, 2.45) is 0 Å². The standard InChI is InChI=1S/C6H12FNO/c1-8(2)6(9)4-3-5-7/h3-5H2,1-2H3. The van der Waals surface area contributed by atoms with E-state index < -0.39 is 6.67 Å². The Kier molecular flexibility index (Phi) is 4.01. The lowest BCUT2D eigenvalue weighted by molar-refractivity contribution is -0.128. The lowest BCUT2D eigenvalue weighted by Gasteiger charge is -2.07. The molecule has 0 unspecified atom stereocenters. The van der Waals surface area contributed by atoms with Crippen LogP contribution in [0.25, 0.3) is 0 Å². The number of carbonyl (C=O) groups excluding carboxylic acids is 1. The Hall–Kier alpha value is -0.600. The molecule has 0 radical (unpaired) electrons. The van der Waals surface area contributed by atoms with Gasteiger partial charge in [0, 0.05) is 20.5 Å². The fraction of sp³-hybridized carbons (Fsp3) is 0.833. The van der Waals surface area contributed by atoms with E-state index in [1.807, 2.05) is 0 Å². The molecule has 0 aliphatic heterocycles. The summed E-state index contributed by atoms with van der Waals surface area (Å²) in [5, 5.41) is 0. The smallest absolute Gasteiger partial charge is 0.222 e. The number of halogens is 1. The molecule has 0 aromatic carbocycles. The summed E-state index contributed by atoms with van der Waals surface area (Å²) >= 11 is 0. The predicted molar refractivity (Wildman–Crippen MR) is 33.9 cm³/mol. The van der Waals surface area contributed by atoms with E-state index in [9.17, 15) is 9.18 Å². The minimum atomic E-state index is -0.403. The average Bonchev–Trinajstić information content (AvgIpc) is 1.82. The van der Waals surface area contributed by atoms with Gasteiger partial charge in [-0.25, -0.2) is 0 Å². The topological polar surface area (TPSA) is 20.3 Å². The first-order valence-corrected chi connectivity index (χ1v) is 2.94. The van der Waals surface area contributed by atoms with Crippen LogP contribution in [0.4, 0.5) is 4.39 Å². The van der Waals surface area contributed by atoms with Crippen molar-refractivity contribution in [2.75, 3.05) is 20.8 Å². The van der Waals surface area contributed by atoms with E-state index in [1.54, 1.807) is 14.1 Å². The summed E-state index contributed by atoms with van der Waals surface area (Å²) in [6.45, 7) is -0.403. The maximum atomic E-state index is 11.4. The van der Waals surface area contributed by atoms with E-state index in [1.165, 1.54) is 4.90 Å². The normalized spacial score (nSPS) is 9.22. The summed E-state index contributed by atoms with van der Waals surface area (Å²) in [4.78, 5) is 12.1. The number of amides is 1. The van der Waals surface area contributed by atoms with Crippen molar-refractivity contribution in [3.8, 4) is 0 Å². The van der Waals surface area contributed by atoms with E-state index >= 15 is 0 Å². The molecule has 0 aliphatic carbocycles. The quantitative estimate of drug-likeness (QED) is 0.558. The summed E-state index contributed by atoms with van der Waals surface area (Å²) in [5.74, 6) is -0.00681. The van der Waals surface area contributed by atoms with E-state index in [0.717, 1.165) is 0 Å². The van der Waals surface area contributed by atoms with Crippen LogP contribution in [-0.2, 0) is 4.79 Å². The van der Waals surface area contributed by atoms with Gasteiger partial charge in [0.15, 0.2) is 0 Å². The third-order valence-corrected chi connectivity index (χ3v) is 1.02. The molecule has 0 aromatic heterocycles. The maximum absolute atomic E-state index is 11.4. The van der Waals surface area contributed by atoms with E-state index in [2.05, 4.69) is 0 Å². The van der Waals surface area contributed by atoms with Crippen LogP contribution in [0.5, 0.6) is 0 Å². The molecule has 0 atom stereocenters. The first-order valence-electron chi connectivity index (χ1n) is 2.94. The van der Waals surface area contributed by atoms with Gasteiger partial charge in [-0.2, -0.15) is 0 Å². The molecule has 0 heterocycles. The summed E-state index contributed by atoms with van der Waals surface area (Å²) in [7, 11) is 3.33. The molecule has 0 fully saturated rings. The van der Waals surface area contributed by atoms with Crippen molar-refractivity contribution in [2.45, 2.75) is 12.8 Å². The molecular weight excluding hydrogens is 121 g/mol. The van der Waals surface area contributed by atoms with Crippen molar-refractivity contribution < 1.29 is 9.18 Å². The molecule has 0 aromatic rings. The number of carbonyl (C=O) groups is 1. The number of hydrogen-bond donors (Lipinski definition) is 0. The van der Waals surface area contributed by atoms with Gasteiger partial charge in [-0.05, 0) is 6.42 Å². The highest BCUT2D eigenvalue weighted by molar-refractivity contribution is 5.75. The largest absolute Gasteiger partial charge is 0.349 e. The Bertz CT molecular complexity index is 93.1. The fourth-order valence-electron chi connectivity index (χ4n) is 0.442. The van der Waals surface area contributed by atoms with Crippen LogP contribution in [0.1, 0.15) is 12.8 Å². The van der Waals surface area contributed by atoms with Crippen LogP contribution in [0.15, 0.2) is 0 Å². The van der Waals surface area contributed by atoms with Gasteiger partial charge >= 0.3 is 0 Å². The lowest BCUT2D eigenvalue weighted by atomic mass is 10.3. The summed E-state index contributed by atoms with van der Waals surface area (Å²) < 4.78 is 11.4. The van der Waals surface area contributed by atoms with Gasteiger partial charge in [0.2, 0.25) is 5.91 Å². The number of rotatable bonds is 3. The molecule has 0 saturated carbocycles. The molecule has 0 saturated heterocycles. The van der Waals surface area contributed by atoms with Crippen molar-refractivity contribution in [1.82, 2.24) is 4.90 Å². The molecule has 9 heavy (non-hydrogen) atoms. The zero-order chi connectivity index (χ0) is 7.28. The zero-order valence-electron chi connectivity index (χ0n) is 5.85. The highest BCUT2D eigenvalue weighted by Crippen LogP contribution is 1.92. The second kappa shape index (κ2) is 4.30. The molecular formula is C6H12FNO. The second-order valence-electron chi connectivity index (χ2n) is 2.08. The third kappa shape index (κ3) is 3.94. The number of hydrogen-bond acceptors (Lipinski definition) is 1. The van der Waals surface area contributed by atoms with Gasteiger partial charge in [-0.15, -0.1) is 0 Å².